The molecular weight excluding hydrogens is 170 g/mol. The largest absolute Gasteiger partial charge is 0.393 e. The zero-order valence-electron chi connectivity index (χ0n) is 8.50. The molecule has 0 aromatic carbocycles. The van der Waals surface area contributed by atoms with Crippen molar-refractivity contribution in [2.75, 3.05) is 13.2 Å². The van der Waals surface area contributed by atoms with E-state index in [1.54, 1.807) is 0 Å². The standard InChI is InChI=1S/C9H19NO3/c1-4-7(2)8(12)10-5-9(3,13)6-11/h7,11,13H,4-6H2,1-3H3,(H,10,12). The second kappa shape index (κ2) is 5.19. The van der Waals surface area contributed by atoms with Crippen LogP contribution in [0.15, 0.2) is 0 Å². The normalized spacial score (nSPS) is 17.6. The average molecular weight is 189 g/mol. The lowest BCUT2D eigenvalue weighted by atomic mass is 10.1. The lowest BCUT2D eigenvalue weighted by Gasteiger charge is -2.21. The zero-order chi connectivity index (χ0) is 10.5. The van der Waals surface area contributed by atoms with Gasteiger partial charge in [0, 0.05) is 12.5 Å². The Labute approximate surface area is 79.0 Å². The van der Waals surface area contributed by atoms with Crippen LogP contribution < -0.4 is 5.32 Å². The van der Waals surface area contributed by atoms with Gasteiger partial charge in [0.2, 0.25) is 5.91 Å². The lowest BCUT2D eigenvalue weighted by molar-refractivity contribution is -0.126. The van der Waals surface area contributed by atoms with Gasteiger partial charge in [-0.3, -0.25) is 4.79 Å². The van der Waals surface area contributed by atoms with E-state index in [1.165, 1.54) is 6.92 Å². The Bertz CT molecular complexity index is 168. The lowest BCUT2D eigenvalue weighted by Crippen LogP contribution is -2.44. The molecule has 0 heterocycles. The van der Waals surface area contributed by atoms with Crippen molar-refractivity contribution in [2.24, 2.45) is 5.92 Å². The molecule has 0 bridgehead atoms. The van der Waals surface area contributed by atoms with Gasteiger partial charge in [0.15, 0.2) is 0 Å². The molecule has 0 fully saturated rings. The maximum atomic E-state index is 11.2. The summed E-state index contributed by atoms with van der Waals surface area (Å²) in [6.45, 7) is 4.96. The van der Waals surface area contributed by atoms with E-state index in [0.29, 0.717) is 0 Å². The summed E-state index contributed by atoms with van der Waals surface area (Å²) in [4.78, 5) is 11.2. The highest BCUT2D eigenvalue weighted by atomic mass is 16.3. The van der Waals surface area contributed by atoms with E-state index in [4.69, 9.17) is 5.11 Å². The van der Waals surface area contributed by atoms with Crippen LogP contribution in [0, 0.1) is 5.92 Å². The van der Waals surface area contributed by atoms with Gasteiger partial charge in [0.05, 0.1) is 6.61 Å². The number of aliphatic hydroxyl groups is 2. The number of rotatable bonds is 5. The van der Waals surface area contributed by atoms with Gasteiger partial charge >= 0.3 is 0 Å². The summed E-state index contributed by atoms with van der Waals surface area (Å²) in [5, 5.41) is 20.6. The summed E-state index contributed by atoms with van der Waals surface area (Å²) in [5.74, 6) is -0.134. The fourth-order valence-corrected chi connectivity index (χ4v) is 0.693. The van der Waals surface area contributed by atoms with Crippen molar-refractivity contribution in [2.45, 2.75) is 32.8 Å². The molecule has 0 aromatic rings. The van der Waals surface area contributed by atoms with Crippen LogP contribution in [0.2, 0.25) is 0 Å². The first-order chi connectivity index (χ1) is 5.93. The summed E-state index contributed by atoms with van der Waals surface area (Å²) in [6, 6.07) is 0. The topological polar surface area (TPSA) is 69.6 Å². The summed E-state index contributed by atoms with van der Waals surface area (Å²) in [6.07, 6.45) is 0.771. The molecule has 1 amide bonds. The van der Waals surface area contributed by atoms with Crippen LogP contribution in [0.4, 0.5) is 0 Å². The van der Waals surface area contributed by atoms with Crippen LogP contribution >= 0.6 is 0 Å². The molecule has 2 atom stereocenters. The molecule has 3 N–H and O–H groups in total. The number of hydrogen-bond acceptors (Lipinski definition) is 3. The molecule has 0 spiro atoms. The van der Waals surface area contributed by atoms with Crippen molar-refractivity contribution in [3.05, 3.63) is 0 Å². The minimum Gasteiger partial charge on any atom is -0.393 e. The van der Waals surface area contributed by atoms with Crippen molar-refractivity contribution in [1.82, 2.24) is 5.32 Å². The molecule has 0 aromatic heterocycles. The molecule has 0 aliphatic heterocycles. The Balaban J connectivity index is 3.83. The van der Waals surface area contributed by atoms with Gasteiger partial charge in [-0.1, -0.05) is 13.8 Å². The molecule has 4 heteroatoms. The quantitative estimate of drug-likeness (QED) is 0.565. The molecule has 0 aliphatic rings. The molecule has 0 aliphatic carbocycles. The second-order valence-corrected chi connectivity index (χ2v) is 3.68. The van der Waals surface area contributed by atoms with Crippen LogP contribution in [-0.2, 0) is 4.79 Å². The van der Waals surface area contributed by atoms with Gasteiger partial charge in [-0.25, -0.2) is 0 Å². The third-order valence-electron chi connectivity index (χ3n) is 2.04. The summed E-state index contributed by atoms with van der Waals surface area (Å²) >= 11 is 0. The molecule has 0 saturated carbocycles. The van der Waals surface area contributed by atoms with Crippen molar-refractivity contribution >= 4 is 5.91 Å². The van der Waals surface area contributed by atoms with Gasteiger partial charge < -0.3 is 15.5 Å². The number of hydrogen-bond donors (Lipinski definition) is 3. The number of carbonyl (C=O) groups is 1. The first-order valence-electron chi connectivity index (χ1n) is 4.54. The van der Waals surface area contributed by atoms with Crippen LogP contribution in [0.5, 0.6) is 0 Å². The van der Waals surface area contributed by atoms with Crippen LogP contribution in [-0.4, -0.2) is 34.9 Å². The van der Waals surface area contributed by atoms with Crippen molar-refractivity contribution in [3.8, 4) is 0 Å². The van der Waals surface area contributed by atoms with Crippen molar-refractivity contribution < 1.29 is 15.0 Å². The first-order valence-corrected chi connectivity index (χ1v) is 4.54. The van der Waals surface area contributed by atoms with Crippen LogP contribution in [0.1, 0.15) is 27.2 Å². The summed E-state index contributed by atoms with van der Waals surface area (Å²) < 4.78 is 0. The van der Waals surface area contributed by atoms with E-state index in [0.717, 1.165) is 6.42 Å². The fraction of sp³-hybridized carbons (Fsp3) is 0.889. The average Bonchev–Trinajstić information content (AvgIpc) is 2.13. The number of aliphatic hydroxyl groups excluding tert-OH is 1. The summed E-state index contributed by atoms with van der Waals surface area (Å²) in [5.41, 5.74) is -1.22. The molecule has 2 unspecified atom stereocenters. The fourth-order valence-electron chi connectivity index (χ4n) is 0.693. The molecule has 0 rings (SSSR count). The minimum atomic E-state index is -1.22. The molecule has 0 saturated heterocycles. The van der Waals surface area contributed by atoms with Gasteiger partial charge in [-0.2, -0.15) is 0 Å². The predicted molar refractivity (Wildman–Crippen MR) is 50.2 cm³/mol. The molecule has 0 radical (unpaired) electrons. The third kappa shape index (κ3) is 4.85. The van der Waals surface area contributed by atoms with Gasteiger partial charge in [-0.15, -0.1) is 0 Å². The maximum absolute atomic E-state index is 11.2. The van der Waals surface area contributed by atoms with Crippen molar-refractivity contribution in [3.63, 3.8) is 0 Å². The van der Waals surface area contributed by atoms with E-state index in [2.05, 4.69) is 5.32 Å². The Morgan fingerprint density at radius 2 is 2.15 bits per heavy atom. The van der Waals surface area contributed by atoms with Gasteiger partial charge in [0.1, 0.15) is 5.60 Å². The Hall–Kier alpha value is -0.610. The Morgan fingerprint density at radius 3 is 2.54 bits per heavy atom. The molecule has 13 heavy (non-hydrogen) atoms. The molecular formula is C9H19NO3. The van der Waals surface area contributed by atoms with E-state index in [9.17, 15) is 9.90 Å². The van der Waals surface area contributed by atoms with E-state index in [1.807, 2.05) is 13.8 Å². The highest BCUT2D eigenvalue weighted by Crippen LogP contribution is 2.02. The number of nitrogens with one attached hydrogen (secondary N) is 1. The van der Waals surface area contributed by atoms with E-state index >= 15 is 0 Å². The zero-order valence-corrected chi connectivity index (χ0v) is 8.50. The van der Waals surface area contributed by atoms with E-state index < -0.39 is 5.60 Å². The van der Waals surface area contributed by atoms with Crippen LogP contribution in [0.25, 0.3) is 0 Å². The van der Waals surface area contributed by atoms with Gasteiger partial charge in [0.25, 0.3) is 0 Å². The SMILES string of the molecule is CCC(C)C(=O)NCC(C)(O)CO. The second-order valence-electron chi connectivity index (χ2n) is 3.68. The maximum Gasteiger partial charge on any atom is 0.222 e. The smallest absolute Gasteiger partial charge is 0.222 e. The number of amides is 1. The van der Waals surface area contributed by atoms with Crippen molar-refractivity contribution in [1.29, 1.82) is 0 Å². The highest BCUT2D eigenvalue weighted by molar-refractivity contribution is 5.78. The third-order valence-corrected chi connectivity index (χ3v) is 2.04. The Morgan fingerprint density at radius 1 is 1.62 bits per heavy atom. The molecule has 4 nitrogen and oxygen atoms in total. The highest BCUT2D eigenvalue weighted by Gasteiger charge is 2.20. The van der Waals surface area contributed by atoms with E-state index in [-0.39, 0.29) is 25.0 Å². The first kappa shape index (κ1) is 12.4. The molecule has 78 valence electrons. The minimum absolute atomic E-state index is 0.0468. The van der Waals surface area contributed by atoms with Gasteiger partial charge in [-0.05, 0) is 13.3 Å². The Kier molecular flexibility index (Phi) is 4.95. The monoisotopic (exact) mass is 189 g/mol. The number of carbonyl (C=O) groups excluding carboxylic acids is 1. The summed E-state index contributed by atoms with van der Waals surface area (Å²) in [7, 11) is 0. The van der Waals surface area contributed by atoms with Crippen LogP contribution in [0.3, 0.4) is 0 Å². The predicted octanol–water partition coefficient (Wildman–Crippen LogP) is -0.108.